The van der Waals surface area contributed by atoms with Gasteiger partial charge in [-0.1, -0.05) is 39.0 Å². The van der Waals surface area contributed by atoms with Gasteiger partial charge in [0.15, 0.2) is 6.61 Å². The molecule has 6 nitrogen and oxygen atoms in total. The normalized spacial score (nSPS) is 12.6. The van der Waals surface area contributed by atoms with Crippen LogP contribution >= 0.6 is 11.8 Å². The highest BCUT2D eigenvalue weighted by atomic mass is 32.2. The van der Waals surface area contributed by atoms with Crippen LogP contribution in [0.1, 0.15) is 54.7 Å². The second-order valence-corrected chi connectivity index (χ2v) is 10.4. The van der Waals surface area contributed by atoms with E-state index in [0.29, 0.717) is 35.9 Å². The van der Waals surface area contributed by atoms with E-state index in [1.54, 1.807) is 36.9 Å². The maximum atomic E-state index is 12.9. The first-order chi connectivity index (χ1) is 20.1. The molecule has 3 aromatic rings. The monoisotopic (exact) mass is 602 g/mol. The molecule has 0 fully saturated rings. The van der Waals surface area contributed by atoms with Gasteiger partial charge in [0.2, 0.25) is 0 Å². The number of esters is 1. The minimum absolute atomic E-state index is 0.151. The van der Waals surface area contributed by atoms with Crippen LogP contribution in [0.3, 0.4) is 0 Å². The Hall–Kier alpha value is -3.50. The predicted octanol–water partition coefficient (Wildman–Crippen LogP) is 7.45. The van der Waals surface area contributed by atoms with Gasteiger partial charge >= 0.3 is 12.1 Å². The molecule has 0 N–H and O–H groups in total. The number of alkyl halides is 3. The molecule has 0 aromatic heterocycles. The number of halogens is 3. The van der Waals surface area contributed by atoms with Gasteiger partial charge in [0.25, 0.3) is 5.91 Å². The van der Waals surface area contributed by atoms with Gasteiger partial charge in [-0.05, 0) is 86.2 Å². The molecule has 226 valence electrons. The van der Waals surface area contributed by atoms with Crippen LogP contribution in [-0.2, 0) is 28.0 Å². The van der Waals surface area contributed by atoms with Crippen molar-refractivity contribution >= 4 is 29.3 Å². The Labute approximate surface area is 249 Å². The minimum atomic E-state index is -4.43. The van der Waals surface area contributed by atoms with E-state index in [1.807, 2.05) is 24.3 Å². The summed E-state index contributed by atoms with van der Waals surface area (Å²) in [6.07, 6.45) is -4.43. The molecule has 1 aliphatic rings. The molecule has 4 rings (SSSR count). The average molecular weight is 603 g/mol. The minimum Gasteiger partial charge on any atom is -0.482 e. The number of rotatable bonds is 11. The van der Waals surface area contributed by atoms with Gasteiger partial charge in [0.05, 0.1) is 18.7 Å². The molecule has 0 aliphatic carbocycles. The third-order valence-corrected chi connectivity index (χ3v) is 7.92. The van der Waals surface area contributed by atoms with Gasteiger partial charge in [-0.25, -0.2) is 4.79 Å². The molecule has 1 aliphatic heterocycles. The first kappa shape index (κ1) is 33.0. The summed E-state index contributed by atoms with van der Waals surface area (Å²) >= 11 is 1.57. The molecule has 0 spiro atoms. The van der Waals surface area contributed by atoms with E-state index in [0.717, 1.165) is 28.2 Å². The number of carbonyl (C=O) groups excluding carboxylic acids is 2. The smallest absolute Gasteiger partial charge is 0.416 e. The van der Waals surface area contributed by atoms with Gasteiger partial charge in [-0.2, -0.15) is 13.2 Å². The van der Waals surface area contributed by atoms with Crippen LogP contribution in [0.25, 0.3) is 0 Å². The molecule has 0 atom stereocenters. The molecule has 0 radical (unpaired) electrons. The maximum absolute atomic E-state index is 12.9. The fraction of sp³-hybridized carbons (Fsp3) is 0.375. The summed E-state index contributed by atoms with van der Waals surface area (Å²) in [4.78, 5) is 29.1. The summed E-state index contributed by atoms with van der Waals surface area (Å²) in [6, 6.07) is 17.5. The Kier molecular flexibility index (Phi) is 12.3. The standard InChI is InChI=1S/C26H22F3NO4S.C6H15N/c1-2-33-24(31)15-34-20-12-6-17(7-13-20)16-35-23-5-3-4-21-22(23)14-30(25(21)32)19-10-8-18(9-11-19)26(27,28)29;1-4-7(5-2)6-3/h3-13H,2,14-16H2,1H3;4-6H2,1-3H3. The quantitative estimate of drug-likeness (QED) is 0.168. The highest BCUT2D eigenvalue weighted by Crippen LogP contribution is 2.37. The van der Waals surface area contributed by atoms with Crippen LogP contribution in [0.2, 0.25) is 0 Å². The first-order valence-electron chi connectivity index (χ1n) is 13.9. The molecule has 0 bridgehead atoms. The number of fused-ring (bicyclic) bond motifs is 1. The highest BCUT2D eigenvalue weighted by molar-refractivity contribution is 7.98. The zero-order valence-electron chi connectivity index (χ0n) is 24.4. The Morgan fingerprint density at radius 1 is 0.929 bits per heavy atom. The average Bonchev–Trinajstić information content (AvgIpc) is 3.33. The topological polar surface area (TPSA) is 59.1 Å². The van der Waals surface area contributed by atoms with Crippen LogP contribution in [0, 0.1) is 0 Å². The van der Waals surface area contributed by atoms with E-state index in [1.165, 1.54) is 36.7 Å². The van der Waals surface area contributed by atoms with E-state index in [2.05, 4.69) is 25.7 Å². The van der Waals surface area contributed by atoms with Crippen LogP contribution in [0.15, 0.2) is 71.6 Å². The van der Waals surface area contributed by atoms with Gasteiger partial charge in [-0.3, -0.25) is 4.79 Å². The number of hydrogen-bond donors (Lipinski definition) is 0. The number of ether oxygens (including phenoxy) is 2. The van der Waals surface area contributed by atoms with Crippen LogP contribution < -0.4 is 9.64 Å². The van der Waals surface area contributed by atoms with E-state index >= 15 is 0 Å². The third kappa shape index (κ3) is 9.00. The largest absolute Gasteiger partial charge is 0.482 e. The molecule has 42 heavy (non-hydrogen) atoms. The van der Waals surface area contributed by atoms with Gasteiger partial charge < -0.3 is 19.3 Å². The fourth-order valence-corrected chi connectivity index (χ4v) is 5.38. The van der Waals surface area contributed by atoms with Crippen molar-refractivity contribution in [3.63, 3.8) is 0 Å². The predicted molar refractivity (Wildman–Crippen MR) is 160 cm³/mol. The molecular formula is C32H37F3N2O4S. The summed E-state index contributed by atoms with van der Waals surface area (Å²) in [5.74, 6) is 0.545. The lowest BCUT2D eigenvalue weighted by atomic mass is 10.1. The van der Waals surface area contributed by atoms with Crippen LogP contribution in [0.4, 0.5) is 18.9 Å². The van der Waals surface area contributed by atoms with Crippen LogP contribution in [-0.4, -0.2) is 49.6 Å². The SMILES string of the molecule is CCN(CC)CC.CCOC(=O)COc1ccc(CSc2cccc3c2CN(c2ccc(C(F)(F)F)cc2)C3=O)cc1. The molecule has 1 amide bonds. The van der Waals surface area contributed by atoms with Crippen molar-refractivity contribution in [1.29, 1.82) is 0 Å². The zero-order valence-corrected chi connectivity index (χ0v) is 25.2. The number of thioether (sulfide) groups is 1. The molecule has 3 aromatic carbocycles. The van der Waals surface area contributed by atoms with Gasteiger partial charge in [0.1, 0.15) is 5.75 Å². The van der Waals surface area contributed by atoms with E-state index in [4.69, 9.17) is 9.47 Å². The van der Waals surface area contributed by atoms with Crippen molar-refractivity contribution < 1.29 is 32.2 Å². The van der Waals surface area contributed by atoms with E-state index in [9.17, 15) is 22.8 Å². The maximum Gasteiger partial charge on any atom is 0.416 e. The molecule has 0 saturated heterocycles. The Morgan fingerprint density at radius 3 is 2.12 bits per heavy atom. The number of anilines is 1. The number of amides is 1. The lowest BCUT2D eigenvalue weighted by Crippen LogP contribution is -2.23. The van der Waals surface area contributed by atoms with Crippen molar-refractivity contribution in [2.24, 2.45) is 0 Å². The van der Waals surface area contributed by atoms with Crippen molar-refractivity contribution in [2.45, 2.75) is 51.1 Å². The Bertz CT molecular complexity index is 1310. The number of nitrogens with zero attached hydrogens (tertiary/aromatic N) is 2. The molecule has 0 unspecified atom stereocenters. The third-order valence-electron chi connectivity index (χ3n) is 6.75. The second kappa shape index (κ2) is 15.7. The molecule has 10 heteroatoms. The number of hydrogen-bond acceptors (Lipinski definition) is 6. The Balaban J connectivity index is 0.000000616. The van der Waals surface area contributed by atoms with Gasteiger partial charge in [-0.15, -0.1) is 11.8 Å². The molecule has 1 heterocycles. The van der Waals surface area contributed by atoms with Crippen molar-refractivity contribution in [3.05, 3.63) is 89.0 Å². The summed E-state index contributed by atoms with van der Waals surface area (Å²) < 4.78 is 48.9. The van der Waals surface area contributed by atoms with E-state index < -0.39 is 17.7 Å². The lowest BCUT2D eigenvalue weighted by Gasteiger charge is -2.17. The molecule has 0 saturated carbocycles. The van der Waals surface area contributed by atoms with Crippen molar-refractivity contribution in [1.82, 2.24) is 4.90 Å². The van der Waals surface area contributed by atoms with Gasteiger partial charge in [0, 0.05) is 21.9 Å². The summed E-state index contributed by atoms with van der Waals surface area (Å²) in [6.45, 7) is 12.3. The van der Waals surface area contributed by atoms with E-state index in [-0.39, 0.29) is 12.5 Å². The van der Waals surface area contributed by atoms with Crippen molar-refractivity contribution in [2.75, 3.05) is 37.7 Å². The number of carbonyl (C=O) groups is 2. The highest BCUT2D eigenvalue weighted by Gasteiger charge is 2.33. The Morgan fingerprint density at radius 2 is 1.57 bits per heavy atom. The number of benzene rings is 3. The second-order valence-electron chi connectivity index (χ2n) is 9.36. The first-order valence-corrected chi connectivity index (χ1v) is 14.9. The van der Waals surface area contributed by atoms with Crippen molar-refractivity contribution in [3.8, 4) is 5.75 Å². The fourth-order valence-electron chi connectivity index (χ4n) is 4.34. The summed E-state index contributed by atoms with van der Waals surface area (Å²) in [5.41, 5.74) is 2.11. The summed E-state index contributed by atoms with van der Waals surface area (Å²) in [7, 11) is 0. The summed E-state index contributed by atoms with van der Waals surface area (Å²) in [5, 5.41) is 0. The van der Waals surface area contributed by atoms with Crippen LogP contribution in [0.5, 0.6) is 5.75 Å². The molecular weight excluding hydrogens is 565 g/mol. The lowest BCUT2D eigenvalue weighted by molar-refractivity contribution is -0.145. The zero-order chi connectivity index (χ0) is 30.7.